The van der Waals surface area contributed by atoms with E-state index in [0.717, 1.165) is 24.2 Å². The van der Waals surface area contributed by atoms with Crippen LogP contribution in [-0.4, -0.2) is 46.3 Å². The molecule has 3 aliphatic carbocycles. The van der Waals surface area contributed by atoms with Gasteiger partial charge in [-0.2, -0.15) is 0 Å². The first-order valence-corrected chi connectivity index (χ1v) is 12.8. The van der Waals surface area contributed by atoms with E-state index in [9.17, 15) is 15.3 Å². The predicted octanol–water partition coefficient (Wildman–Crippen LogP) is 4.94. The molecule has 0 radical (unpaired) electrons. The Labute approximate surface area is 200 Å². The quantitative estimate of drug-likeness (QED) is 0.391. The third-order valence-electron chi connectivity index (χ3n) is 7.96. The van der Waals surface area contributed by atoms with Gasteiger partial charge in [-0.3, -0.25) is 0 Å². The average molecular weight is 457 g/mol. The normalized spacial score (nSPS) is 35.1. The van der Waals surface area contributed by atoms with Gasteiger partial charge in [-0.15, -0.1) is 0 Å². The zero-order valence-electron chi connectivity index (χ0n) is 21.1. The van der Waals surface area contributed by atoms with Crippen LogP contribution in [0.15, 0.2) is 35.5 Å². The maximum atomic E-state index is 10.2. The summed E-state index contributed by atoms with van der Waals surface area (Å²) < 4.78 is 6.25. The fourth-order valence-electron chi connectivity index (χ4n) is 6.50. The van der Waals surface area contributed by atoms with Gasteiger partial charge in [-0.25, -0.2) is 0 Å². The summed E-state index contributed by atoms with van der Waals surface area (Å²) in [6.45, 7) is 13.5. The van der Waals surface area contributed by atoms with Crippen LogP contribution in [0.25, 0.3) is 0 Å². The van der Waals surface area contributed by atoms with Crippen LogP contribution in [0.1, 0.15) is 79.1 Å². The van der Waals surface area contributed by atoms with Crippen LogP contribution in [0, 0.1) is 35.0 Å². The first kappa shape index (κ1) is 26.2. The van der Waals surface area contributed by atoms with Crippen molar-refractivity contribution in [2.24, 2.45) is 23.2 Å². The maximum absolute atomic E-state index is 10.2. The number of hydrogen-bond acceptors (Lipinski definition) is 4. The number of allylic oxidation sites excluding steroid dienone is 3. The van der Waals surface area contributed by atoms with E-state index in [1.54, 1.807) is 13.8 Å². The monoisotopic (exact) mass is 456 g/mol. The highest BCUT2D eigenvalue weighted by molar-refractivity contribution is 5.38. The smallest absolute Gasteiger partial charge is 0.119 e. The fourth-order valence-corrected chi connectivity index (χ4v) is 6.50. The molecule has 3 aliphatic rings. The average Bonchev–Trinajstić information content (AvgIpc) is 3.11. The van der Waals surface area contributed by atoms with E-state index < -0.39 is 17.8 Å². The maximum Gasteiger partial charge on any atom is 0.119 e. The van der Waals surface area contributed by atoms with E-state index in [2.05, 4.69) is 44.4 Å². The topological polar surface area (TPSA) is 69.9 Å². The second-order valence-corrected chi connectivity index (χ2v) is 11.3. The molecule has 3 fully saturated rings. The highest BCUT2D eigenvalue weighted by atomic mass is 16.5. The number of fused-ring (bicyclic) bond motifs is 1. The van der Waals surface area contributed by atoms with Crippen LogP contribution in [0.4, 0.5) is 0 Å². The minimum absolute atomic E-state index is 0.170. The molecular weight excluding hydrogens is 412 g/mol. The van der Waals surface area contributed by atoms with E-state index >= 15 is 0 Å². The van der Waals surface area contributed by atoms with E-state index in [4.69, 9.17) is 4.74 Å². The van der Waals surface area contributed by atoms with Crippen LogP contribution in [-0.2, 0) is 4.74 Å². The Kier molecular flexibility index (Phi) is 8.67. The molecule has 0 unspecified atom stereocenters. The highest BCUT2D eigenvalue weighted by Crippen LogP contribution is 2.59. The fraction of sp³-hybridized carbons (Fsp3) is 0.724. The number of aliphatic hydroxyl groups excluding tert-OH is 2. The minimum Gasteiger partial charge on any atom is -0.393 e. The minimum atomic E-state index is -0.953. The Bertz CT molecular complexity index is 819. The van der Waals surface area contributed by atoms with Crippen molar-refractivity contribution in [2.75, 3.05) is 13.2 Å². The van der Waals surface area contributed by atoms with E-state index in [1.165, 1.54) is 31.3 Å². The molecule has 0 aromatic heterocycles. The predicted molar refractivity (Wildman–Crippen MR) is 133 cm³/mol. The Hall–Kier alpha value is -1.38. The summed E-state index contributed by atoms with van der Waals surface area (Å²) in [6, 6.07) is 0. The van der Waals surface area contributed by atoms with Gasteiger partial charge >= 0.3 is 0 Å². The number of rotatable bonds is 6. The molecule has 3 N–H and O–H groups in total. The molecule has 0 bridgehead atoms. The zero-order valence-corrected chi connectivity index (χ0v) is 21.1. The number of ether oxygens (including phenoxy) is 1. The summed E-state index contributed by atoms with van der Waals surface area (Å²) in [7, 11) is 0. The van der Waals surface area contributed by atoms with Crippen molar-refractivity contribution in [1.82, 2.24) is 0 Å². The van der Waals surface area contributed by atoms with E-state index in [0.29, 0.717) is 43.6 Å². The zero-order chi connectivity index (χ0) is 24.2. The summed E-state index contributed by atoms with van der Waals surface area (Å²) in [5.41, 5.74) is 2.43. The lowest BCUT2D eigenvalue weighted by atomic mass is 9.60. The van der Waals surface area contributed by atoms with E-state index in [-0.39, 0.29) is 5.41 Å². The van der Waals surface area contributed by atoms with Gasteiger partial charge in [-0.1, -0.05) is 50.0 Å². The van der Waals surface area contributed by atoms with Gasteiger partial charge in [0.15, 0.2) is 0 Å². The number of aliphatic hydroxyl groups is 3. The summed E-state index contributed by atoms with van der Waals surface area (Å²) in [4.78, 5) is 0. The molecular formula is C29H44O4. The second-order valence-electron chi connectivity index (χ2n) is 11.3. The molecule has 3 saturated carbocycles. The lowest BCUT2D eigenvalue weighted by molar-refractivity contribution is -0.0261. The summed E-state index contributed by atoms with van der Waals surface area (Å²) in [5.74, 6) is 7.69. The summed E-state index contributed by atoms with van der Waals surface area (Å²) in [6.07, 6.45) is 10.7. The van der Waals surface area contributed by atoms with Gasteiger partial charge in [0.2, 0.25) is 0 Å². The molecule has 4 heteroatoms. The van der Waals surface area contributed by atoms with E-state index in [1.807, 2.05) is 0 Å². The second kappa shape index (κ2) is 10.9. The van der Waals surface area contributed by atoms with Gasteiger partial charge in [0, 0.05) is 18.3 Å². The summed E-state index contributed by atoms with van der Waals surface area (Å²) >= 11 is 0. The third-order valence-corrected chi connectivity index (χ3v) is 7.96. The van der Waals surface area contributed by atoms with Gasteiger partial charge in [-0.05, 0) is 81.3 Å². The third kappa shape index (κ3) is 6.40. The Morgan fingerprint density at radius 2 is 2.00 bits per heavy atom. The van der Waals surface area contributed by atoms with Gasteiger partial charge in [0.25, 0.3) is 0 Å². The van der Waals surface area contributed by atoms with Gasteiger partial charge in [0.1, 0.15) is 5.60 Å². The van der Waals surface area contributed by atoms with Crippen molar-refractivity contribution < 1.29 is 20.1 Å². The molecule has 5 atom stereocenters. The molecule has 0 saturated heterocycles. The molecule has 0 aliphatic heterocycles. The molecule has 0 amide bonds. The molecule has 0 spiro atoms. The molecule has 0 aromatic carbocycles. The van der Waals surface area contributed by atoms with Crippen LogP contribution in [0.2, 0.25) is 0 Å². The molecule has 184 valence electrons. The van der Waals surface area contributed by atoms with Crippen LogP contribution in [0.3, 0.4) is 0 Å². The molecule has 4 nitrogen and oxygen atoms in total. The first-order valence-electron chi connectivity index (χ1n) is 12.8. The Morgan fingerprint density at radius 1 is 1.24 bits per heavy atom. The standard InChI is InChI=1S/C29H44O4/c1-20(2)25-12-13-26-22(10-11-23-17-24(30)18-27(31)21(23)3)9-8-15-29(25,26)19-33-16-7-6-14-28(4,5)32/h10-11,20,24-27,30-32H,3,7-9,12-13,15-19H2,1-2,4-5H3/b22-10+,23-11+/t24-,25-,26+,27+,29+/m1/s1. The molecule has 0 heterocycles. The van der Waals surface area contributed by atoms with Crippen molar-refractivity contribution in [3.63, 3.8) is 0 Å². The molecule has 0 aromatic rings. The van der Waals surface area contributed by atoms with Gasteiger partial charge < -0.3 is 20.1 Å². The van der Waals surface area contributed by atoms with Crippen molar-refractivity contribution in [2.45, 2.75) is 96.9 Å². The van der Waals surface area contributed by atoms with Crippen LogP contribution in [0.5, 0.6) is 0 Å². The van der Waals surface area contributed by atoms with Crippen molar-refractivity contribution in [1.29, 1.82) is 0 Å². The Balaban J connectivity index is 1.75. The Morgan fingerprint density at radius 3 is 2.70 bits per heavy atom. The lowest BCUT2D eigenvalue weighted by Gasteiger charge is -2.46. The lowest BCUT2D eigenvalue weighted by Crippen LogP contribution is -2.42. The van der Waals surface area contributed by atoms with Crippen LogP contribution >= 0.6 is 0 Å². The van der Waals surface area contributed by atoms with Crippen LogP contribution < -0.4 is 0 Å². The van der Waals surface area contributed by atoms with Crippen molar-refractivity contribution in [3.05, 3.63) is 35.5 Å². The highest BCUT2D eigenvalue weighted by Gasteiger charge is 2.53. The number of hydrogen-bond donors (Lipinski definition) is 3. The molecule has 3 rings (SSSR count). The molecule has 33 heavy (non-hydrogen) atoms. The van der Waals surface area contributed by atoms with Gasteiger partial charge in [0.05, 0.1) is 25.4 Å². The SMILES string of the molecule is C=C1/C(=C/C=C2\CCC[C@]3(COCCC#CC(C)(C)O)[C@@H](C(C)C)CC[C@@H]23)C[C@@H](O)C[C@@H]1O. The summed E-state index contributed by atoms with van der Waals surface area (Å²) in [5, 5.41) is 30.0. The van der Waals surface area contributed by atoms with Crippen molar-refractivity contribution >= 4 is 0 Å². The van der Waals surface area contributed by atoms with Crippen molar-refractivity contribution in [3.8, 4) is 11.8 Å². The largest absolute Gasteiger partial charge is 0.393 e. The first-order chi connectivity index (χ1) is 15.5.